The molecule has 0 aromatic heterocycles. The second-order valence-corrected chi connectivity index (χ2v) is 5.80. The van der Waals surface area contributed by atoms with E-state index < -0.39 is 14.9 Å². The van der Waals surface area contributed by atoms with Crippen LogP contribution in [0.4, 0.5) is 11.4 Å². The highest BCUT2D eigenvalue weighted by atomic mass is 79.9. The van der Waals surface area contributed by atoms with Crippen molar-refractivity contribution in [2.24, 2.45) is 5.14 Å². The fourth-order valence-corrected chi connectivity index (χ4v) is 1.98. The van der Waals surface area contributed by atoms with Gasteiger partial charge in [-0.3, -0.25) is 10.1 Å². The van der Waals surface area contributed by atoms with Gasteiger partial charge in [0.05, 0.1) is 10.7 Å². The topological polar surface area (TPSA) is 115 Å². The maximum Gasteiger partial charge on any atom is 0.270 e. The minimum absolute atomic E-state index is 0.0473. The lowest BCUT2D eigenvalue weighted by Gasteiger charge is -2.07. The molecule has 0 aliphatic carbocycles. The van der Waals surface area contributed by atoms with Gasteiger partial charge in [0, 0.05) is 28.8 Å². The molecule has 0 saturated carbocycles. The van der Waals surface area contributed by atoms with Crippen molar-refractivity contribution in [1.29, 1.82) is 0 Å². The largest absolute Gasteiger partial charge is 0.383 e. The van der Waals surface area contributed by atoms with Crippen molar-refractivity contribution in [3.8, 4) is 0 Å². The fraction of sp³-hybridized carbons (Fsp3) is 0.250. The van der Waals surface area contributed by atoms with Crippen molar-refractivity contribution >= 4 is 37.3 Å². The molecule has 9 heteroatoms. The second kappa shape index (κ2) is 5.43. The van der Waals surface area contributed by atoms with Crippen LogP contribution in [0.1, 0.15) is 0 Å². The Balaban J connectivity index is 2.70. The average molecular weight is 324 g/mol. The predicted molar refractivity (Wildman–Crippen MR) is 67.3 cm³/mol. The van der Waals surface area contributed by atoms with E-state index in [2.05, 4.69) is 21.2 Å². The summed E-state index contributed by atoms with van der Waals surface area (Å²) in [5.74, 6) is -0.212. The summed E-state index contributed by atoms with van der Waals surface area (Å²) in [5.41, 5.74) is 0.521. The number of sulfonamides is 1. The first-order valence-corrected chi connectivity index (χ1v) is 6.99. The van der Waals surface area contributed by atoms with Gasteiger partial charge in [0.1, 0.15) is 0 Å². The number of halogens is 1. The van der Waals surface area contributed by atoms with Crippen LogP contribution in [0.25, 0.3) is 0 Å². The molecule has 1 aromatic rings. The molecular formula is C8H10BrN3O4S. The Morgan fingerprint density at radius 2 is 2.12 bits per heavy atom. The third kappa shape index (κ3) is 4.67. The fourth-order valence-electron chi connectivity index (χ4n) is 1.09. The Kier molecular flexibility index (Phi) is 4.43. The van der Waals surface area contributed by atoms with Gasteiger partial charge in [-0.25, -0.2) is 13.6 Å². The van der Waals surface area contributed by atoms with Gasteiger partial charge in [0.2, 0.25) is 10.0 Å². The molecule has 0 atom stereocenters. The molecule has 0 saturated heterocycles. The lowest BCUT2D eigenvalue weighted by Crippen LogP contribution is -2.22. The lowest BCUT2D eigenvalue weighted by atomic mass is 10.3. The summed E-state index contributed by atoms with van der Waals surface area (Å²) in [6.07, 6.45) is 0. The van der Waals surface area contributed by atoms with Gasteiger partial charge >= 0.3 is 0 Å². The van der Waals surface area contributed by atoms with Crippen LogP contribution >= 0.6 is 15.9 Å². The molecule has 0 aliphatic rings. The molecule has 0 unspecified atom stereocenters. The average Bonchev–Trinajstić information content (AvgIpc) is 2.18. The van der Waals surface area contributed by atoms with Crippen LogP contribution in [-0.2, 0) is 10.0 Å². The van der Waals surface area contributed by atoms with Crippen LogP contribution in [0.2, 0.25) is 0 Å². The molecular weight excluding hydrogens is 314 g/mol. The maximum absolute atomic E-state index is 10.7. The zero-order valence-electron chi connectivity index (χ0n) is 8.59. The molecule has 0 amide bonds. The molecule has 17 heavy (non-hydrogen) atoms. The van der Waals surface area contributed by atoms with Gasteiger partial charge in [0.15, 0.2) is 0 Å². The van der Waals surface area contributed by atoms with Crippen LogP contribution < -0.4 is 10.5 Å². The summed E-state index contributed by atoms with van der Waals surface area (Å²) in [4.78, 5) is 9.96. The molecule has 0 spiro atoms. The van der Waals surface area contributed by atoms with Gasteiger partial charge in [-0.05, 0) is 22.0 Å². The van der Waals surface area contributed by atoms with E-state index in [0.717, 1.165) is 0 Å². The van der Waals surface area contributed by atoms with Gasteiger partial charge in [-0.2, -0.15) is 0 Å². The van der Waals surface area contributed by atoms with Crippen LogP contribution in [0.15, 0.2) is 22.7 Å². The van der Waals surface area contributed by atoms with Crippen LogP contribution in [0.5, 0.6) is 0 Å². The molecule has 7 nitrogen and oxygen atoms in total. The molecule has 3 N–H and O–H groups in total. The SMILES string of the molecule is NS(=O)(=O)CCNc1ccc([N+](=O)[O-])cc1Br. The molecule has 0 aliphatic heterocycles. The van der Waals surface area contributed by atoms with Gasteiger partial charge in [-0.15, -0.1) is 0 Å². The van der Waals surface area contributed by atoms with Crippen molar-refractivity contribution in [3.05, 3.63) is 32.8 Å². The van der Waals surface area contributed by atoms with Gasteiger partial charge in [-0.1, -0.05) is 0 Å². The van der Waals surface area contributed by atoms with E-state index in [-0.39, 0.29) is 18.0 Å². The number of anilines is 1. The number of hydrogen-bond acceptors (Lipinski definition) is 5. The first-order chi connectivity index (χ1) is 7.79. The third-order valence-electron chi connectivity index (χ3n) is 1.87. The van der Waals surface area contributed by atoms with Crippen molar-refractivity contribution in [2.75, 3.05) is 17.6 Å². The summed E-state index contributed by atoms with van der Waals surface area (Å²) in [6.45, 7) is 0.134. The lowest BCUT2D eigenvalue weighted by molar-refractivity contribution is -0.384. The quantitative estimate of drug-likeness (QED) is 0.620. The highest BCUT2D eigenvalue weighted by molar-refractivity contribution is 9.10. The van der Waals surface area contributed by atoms with Crippen molar-refractivity contribution < 1.29 is 13.3 Å². The van der Waals surface area contributed by atoms with E-state index >= 15 is 0 Å². The summed E-state index contributed by atoms with van der Waals surface area (Å²) in [5, 5.41) is 18.1. The van der Waals surface area contributed by atoms with Crippen molar-refractivity contribution in [2.45, 2.75) is 0 Å². The standard InChI is InChI=1S/C8H10BrN3O4S/c9-7-5-6(12(13)14)1-2-8(7)11-3-4-17(10,15)16/h1-2,5,11H,3-4H2,(H2,10,15,16). The summed E-state index contributed by atoms with van der Waals surface area (Å²) >= 11 is 3.15. The smallest absolute Gasteiger partial charge is 0.270 e. The Labute approximate surface area is 106 Å². The number of benzene rings is 1. The van der Waals surface area contributed by atoms with E-state index in [1.54, 1.807) is 0 Å². The second-order valence-electron chi connectivity index (χ2n) is 3.22. The number of nitro benzene ring substituents is 1. The summed E-state index contributed by atoms with van der Waals surface area (Å²) < 4.78 is 21.9. The molecule has 0 heterocycles. The zero-order valence-corrected chi connectivity index (χ0v) is 11.0. The Morgan fingerprint density at radius 1 is 1.47 bits per heavy atom. The molecule has 0 fully saturated rings. The summed E-state index contributed by atoms with van der Waals surface area (Å²) in [7, 11) is -3.51. The Bertz CT molecular complexity index is 532. The van der Waals surface area contributed by atoms with Crippen LogP contribution in [0.3, 0.4) is 0 Å². The number of nitro groups is 1. The van der Waals surface area contributed by atoms with Crippen LogP contribution in [0, 0.1) is 10.1 Å². The number of rotatable bonds is 5. The molecule has 1 aromatic carbocycles. The molecule has 0 bridgehead atoms. The molecule has 1 rings (SSSR count). The van der Waals surface area contributed by atoms with E-state index in [9.17, 15) is 18.5 Å². The highest BCUT2D eigenvalue weighted by Gasteiger charge is 2.09. The van der Waals surface area contributed by atoms with Crippen LogP contribution in [-0.4, -0.2) is 25.6 Å². The first kappa shape index (κ1) is 13.9. The highest BCUT2D eigenvalue weighted by Crippen LogP contribution is 2.26. The number of nitrogens with zero attached hydrogens (tertiary/aromatic N) is 1. The Hall–Kier alpha value is -1.19. The van der Waals surface area contributed by atoms with E-state index in [1.165, 1.54) is 18.2 Å². The maximum atomic E-state index is 10.7. The van der Waals surface area contributed by atoms with Gasteiger partial charge < -0.3 is 5.32 Å². The predicted octanol–water partition coefficient (Wildman–Crippen LogP) is 1.06. The number of non-ortho nitro benzene ring substituents is 1. The summed E-state index contributed by atoms with van der Waals surface area (Å²) in [6, 6.07) is 4.15. The van der Waals surface area contributed by atoms with Crippen molar-refractivity contribution in [3.63, 3.8) is 0 Å². The first-order valence-electron chi connectivity index (χ1n) is 4.48. The Morgan fingerprint density at radius 3 is 2.59 bits per heavy atom. The minimum atomic E-state index is -3.51. The third-order valence-corrected chi connectivity index (χ3v) is 3.29. The van der Waals surface area contributed by atoms with Crippen molar-refractivity contribution in [1.82, 2.24) is 0 Å². The number of nitrogens with two attached hydrogens (primary N) is 1. The monoisotopic (exact) mass is 323 g/mol. The molecule has 94 valence electrons. The van der Waals surface area contributed by atoms with Gasteiger partial charge in [0.25, 0.3) is 5.69 Å². The number of nitrogens with one attached hydrogen (secondary N) is 1. The van der Waals surface area contributed by atoms with E-state index in [0.29, 0.717) is 10.2 Å². The zero-order chi connectivity index (χ0) is 13.1. The van der Waals surface area contributed by atoms with E-state index in [4.69, 9.17) is 5.14 Å². The molecule has 0 radical (unpaired) electrons. The van der Waals surface area contributed by atoms with E-state index in [1.807, 2.05) is 0 Å². The minimum Gasteiger partial charge on any atom is -0.383 e. The normalized spacial score (nSPS) is 11.2. The number of primary sulfonamides is 1. The number of hydrogen-bond donors (Lipinski definition) is 2.